The first-order valence-electron chi connectivity index (χ1n) is 8.80. The average molecular weight is 420 g/mol. The lowest BCUT2D eigenvalue weighted by Crippen LogP contribution is -2.30. The van der Waals surface area contributed by atoms with Gasteiger partial charge in [-0.15, -0.1) is 11.3 Å². The van der Waals surface area contributed by atoms with Crippen LogP contribution in [-0.2, 0) is 20.9 Å². The number of hydrogen-bond acceptors (Lipinski definition) is 7. The average Bonchev–Trinajstić information content (AvgIpc) is 3.20. The van der Waals surface area contributed by atoms with E-state index in [1.54, 1.807) is 30.3 Å². The lowest BCUT2D eigenvalue weighted by Gasteiger charge is -2.19. The Morgan fingerprint density at radius 2 is 1.76 bits per heavy atom. The molecule has 1 aromatic heterocycles. The number of hydrogen-bond donors (Lipinski definition) is 2. The van der Waals surface area contributed by atoms with Crippen molar-refractivity contribution < 1.29 is 28.6 Å². The van der Waals surface area contributed by atoms with Gasteiger partial charge in [0.25, 0.3) is 5.91 Å². The Morgan fingerprint density at radius 3 is 2.38 bits per heavy atom. The van der Waals surface area contributed by atoms with E-state index in [4.69, 9.17) is 14.2 Å². The maximum Gasteiger partial charge on any atom is 0.307 e. The van der Waals surface area contributed by atoms with Crippen molar-refractivity contribution in [2.24, 2.45) is 0 Å². The highest BCUT2D eigenvalue weighted by atomic mass is 32.1. The minimum atomic E-state index is -0.615. The summed E-state index contributed by atoms with van der Waals surface area (Å²) < 4.78 is 15.3. The summed E-state index contributed by atoms with van der Waals surface area (Å²) in [5, 5.41) is 5.56. The maximum atomic E-state index is 12.7. The van der Waals surface area contributed by atoms with Gasteiger partial charge in [0.15, 0.2) is 11.5 Å². The van der Waals surface area contributed by atoms with Crippen molar-refractivity contribution in [3.8, 4) is 11.5 Å². The van der Waals surface area contributed by atoms with Gasteiger partial charge in [0, 0.05) is 11.8 Å². The number of amides is 2. The minimum Gasteiger partial charge on any atom is -0.493 e. The highest BCUT2D eigenvalue weighted by Crippen LogP contribution is 2.31. The van der Waals surface area contributed by atoms with Gasteiger partial charge in [-0.3, -0.25) is 14.4 Å². The third kappa shape index (κ3) is 6.21. The van der Waals surface area contributed by atoms with Crippen LogP contribution in [0.1, 0.15) is 39.5 Å². The Labute approximate surface area is 173 Å². The molecule has 8 nitrogen and oxygen atoms in total. The molecule has 0 aliphatic carbocycles. The Balaban J connectivity index is 2.21. The van der Waals surface area contributed by atoms with Crippen molar-refractivity contribution in [3.63, 3.8) is 0 Å². The number of methoxy groups -OCH3 is 3. The summed E-state index contributed by atoms with van der Waals surface area (Å²) in [6, 6.07) is 8.02. The molecule has 0 radical (unpaired) electrons. The van der Waals surface area contributed by atoms with E-state index < -0.39 is 12.0 Å². The van der Waals surface area contributed by atoms with Gasteiger partial charge in [-0.25, -0.2) is 0 Å². The molecule has 0 fully saturated rings. The second-order valence-corrected chi connectivity index (χ2v) is 7.26. The molecule has 0 aliphatic rings. The van der Waals surface area contributed by atoms with E-state index in [1.165, 1.54) is 39.6 Å². The summed E-state index contributed by atoms with van der Waals surface area (Å²) in [5.74, 6) is 0.106. The molecule has 0 saturated carbocycles. The summed E-state index contributed by atoms with van der Waals surface area (Å²) in [7, 11) is 4.34. The van der Waals surface area contributed by atoms with E-state index in [-0.39, 0.29) is 18.2 Å². The zero-order chi connectivity index (χ0) is 21.4. The normalized spacial score (nSPS) is 11.3. The predicted octanol–water partition coefficient (Wildman–Crippen LogP) is 2.44. The standard InChI is InChI=1S/C20H24N2O6S/c1-12(23)21-11-14-6-8-18(29-14)20(25)22-15(10-19(24)28-4)13-5-7-16(26-2)17(9-13)27-3/h5-9,15H,10-11H2,1-4H3,(H,21,23)(H,22,25). The number of nitrogens with one attached hydrogen (secondary N) is 2. The van der Waals surface area contributed by atoms with Crippen molar-refractivity contribution in [1.82, 2.24) is 10.6 Å². The van der Waals surface area contributed by atoms with E-state index in [1.807, 2.05) is 0 Å². The van der Waals surface area contributed by atoms with Gasteiger partial charge in [0.05, 0.1) is 45.2 Å². The summed E-state index contributed by atoms with van der Waals surface area (Å²) in [6.07, 6.45) is -0.0398. The zero-order valence-corrected chi connectivity index (χ0v) is 17.6. The molecule has 0 spiro atoms. The van der Waals surface area contributed by atoms with Crippen LogP contribution >= 0.6 is 11.3 Å². The highest BCUT2D eigenvalue weighted by Gasteiger charge is 2.22. The zero-order valence-electron chi connectivity index (χ0n) is 16.7. The van der Waals surface area contributed by atoms with Crippen molar-refractivity contribution >= 4 is 29.1 Å². The smallest absolute Gasteiger partial charge is 0.307 e. The fraction of sp³-hybridized carbons (Fsp3) is 0.350. The summed E-state index contributed by atoms with van der Waals surface area (Å²) >= 11 is 1.27. The van der Waals surface area contributed by atoms with Crippen LogP contribution in [0.3, 0.4) is 0 Å². The molecular formula is C20H24N2O6S. The summed E-state index contributed by atoms with van der Waals surface area (Å²) in [6.45, 7) is 1.79. The molecule has 1 heterocycles. The Hall–Kier alpha value is -3.07. The van der Waals surface area contributed by atoms with Crippen LogP contribution in [0.15, 0.2) is 30.3 Å². The van der Waals surface area contributed by atoms with Gasteiger partial charge in [-0.1, -0.05) is 6.07 Å². The first-order valence-corrected chi connectivity index (χ1v) is 9.62. The molecule has 0 aliphatic heterocycles. The van der Waals surface area contributed by atoms with Gasteiger partial charge in [0.1, 0.15) is 0 Å². The quantitative estimate of drug-likeness (QED) is 0.604. The molecule has 2 N–H and O–H groups in total. The topological polar surface area (TPSA) is 103 Å². The number of rotatable bonds is 9. The van der Waals surface area contributed by atoms with Crippen molar-refractivity contribution in [3.05, 3.63) is 45.6 Å². The fourth-order valence-corrected chi connectivity index (χ4v) is 3.46. The number of ether oxygens (including phenoxy) is 3. The third-order valence-corrected chi connectivity index (χ3v) is 5.19. The van der Waals surface area contributed by atoms with Crippen LogP contribution in [0.2, 0.25) is 0 Å². The monoisotopic (exact) mass is 420 g/mol. The molecule has 29 heavy (non-hydrogen) atoms. The van der Waals surface area contributed by atoms with Crippen molar-refractivity contribution in [2.45, 2.75) is 25.9 Å². The first-order chi connectivity index (χ1) is 13.9. The predicted molar refractivity (Wildman–Crippen MR) is 108 cm³/mol. The van der Waals surface area contributed by atoms with Gasteiger partial charge >= 0.3 is 5.97 Å². The minimum absolute atomic E-state index is 0.0398. The molecule has 1 unspecified atom stereocenters. The molecule has 0 bridgehead atoms. The van der Waals surface area contributed by atoms with Crippen LogP contribution in [0.25, 0.3) is 0 Å². The van der Waals surface area contributed by atoms with Crippen LogP contribution < -0.4 is 20.1 Å². The van der Waals surface area contributed by atoms with Crippen molar-refractivity contribution in [2.75, 3.05) is 21.3 Å². The molecule has 156 valence electrons. The van der Waals surface area contributed by atoms with Crippen LogP contribution in [0, 0.1) is 0 Å². The Bertz CT molecular complexity index is 880. The summed E-state index contributed by atoms with van der Waals surface area (Å²) in [4.78, 5) is 37.0. The van der Waals surface area contributed by atoms with Crippen molar-refractivity contribution in [1.29, 1.82) is 0 Å². The van der Waals surface area contributed by atoms with Gasteiger partial charge < -0.3 is 24.8 Å². The molecule has 2 rings (SSSR count). The number of thiophene rings is 1. The van der Waals surface area contributed by atoms with E-state index in [0.717, 1.165) is 4.88 Å². The number of carbonyl (C=O) groups is 3. The van der Waals surface area contributed by atoms with Gasteiger partial charge in [-0.05, 0) is 29.8 Å². The number of esters is 1. The highest BCUT2D eigenvalue weighted by molar-refractivity contribution is 7.14. The second-order valence-electron chi connectivity index (χ2n) is 6.10. The first kappa shape index (κ1) is 22.2. The molecule has 1 atom stereocenters. The maximum absolute atomic E-state index is 12.7. The number of benzene rings is 1. The molecule has 2 aromatic rings. The van der Waals surface area contributed by atoms with Crippen LogP contribution in [0.4, 0.5) is 0 Å². The van der Waals surface area contributed by atoms with Crippen LogP contribution in [-0.4, -0.2) is 39.1 Å². The number of carbonyl (C=O) groups excluding carboxylic acids is 3. The third-order valence-electron chi connectivity index (χ3n) is 4.11. The van der Waals surface area contributed by atoms with E-state index in [2.05, 4.69) is 10.6 Å². The van der Waals surface area contributed by atoms with Crippen LogP contribution in [0.5, 0.6) is 11.5 Å². The van der Waals surface area contributed by atoms with E-state index in [0.29, 0.717) is 28.5 Å². The second kappa shape index (κ2) is 10.5. The molecular weight excluding hydrogens is 396 g/mol. The Morgan fingerprint density at radius 1 is 1.03 bits per heavy atom. The van der Waals surface area contributed by atoms with Gasteiger partial charge in [-0.2, -0.15) is 0 Å². The molecule has 9 heteroatoms. The fourth-order valence-electron chi connectivity index (χ4n) is 2.61. The van der Waals surface area contributed by atoms with Gasteiger partial charge in [0.2, 0.25) is 5.91 Å². The Kier molecular flexibility index (Phi) is 8.02. The molecule has 2 amide bonds. The SMILES string of the molecule is COC(=O)CC(NC(=O)c1ccc(CNC(C)=O)s1)c1ccc(OC)c(OC)c1. The largest absolute Gasteiger partial charge is 0.493 e. The van der Waals surface area contributed by atoms with E-state index >= 15 is 0 Å². The molecule has 1 aromatic carbocycles. The molecule has 0 saturated heterocycles. The lowest BCUT2D eigenvalue weighted by atomic mass is 10.0. The summed E-state index contributed by atoms with van der Waals surface area (Å²) in [5.41, 5.74) is 0.677. The lowest BCUT2D eigenvalue weighted by molar-refractivity contribution is -0.141. The van der Waals surface area contributed by atoms with E-state index in [9.17, 15) is 14.4 Å².